The summed E-state index contributed by atoms with van der Waals surface area (Å²) in [4.78, 5) is 27.5. The number of nitro benzene ring substituents is 1. The van der Waals surface area contributed by atoms with Gasteiger partial charge in [-0.1, -0.05) is 18.2 Å². The van der Waals surface area contributed by atoms with E-state index in [4.69, 9.17) is 0 Å². The lowest BCUT2D eigenvalue weighted by molar-refractivity contribution is -0.384. The number of carbonyl (C=O) groups is 1. The smallest absolute Gasteiger partial charge is 0.270 e. The summed E-state index contributed by atoms with van der Waals surface area (Å²) in [5.41, 5.74) is 2.99. The molecule has 0 bridgehead atoms. The molecule has 0 aliphatic carbocycles. The molecular formula is C20H12Br2N4O3. The minimum atomic E-state index is -0.530. The number of nitrogens with one attached hydrogen (secondary N) is 1. The van der Waals surface area contributed by atoms with Gasteiger partial charge in [-0.2, -0.15) is 0 Å². The molecule has 0 saturated carbocycles. The number of amides is 1. The van der Waals surface area contributed by atoms with Gasteiger partial charge >= 0.3 is 0 Å². The van der Waals surface area contributed by atoms with Gasteiger partial charge in [0.15, 0.2) is 5.65 Å². The average molecular weight is 516 g/mol. The van der Waals surface area contributed by atoms with E-state index in [9.17, 15) is 14.9 Å². The summed E-state index contributed by atoms with van der Waals surface area (Å²) >= 11 is 6.96. The third-order valence-electron chi connectivity index (χ3n) is 4.21. The standard InChI is InChI=1S/C20H12Br2N4O3/c21-14-9-17(22)19-24-18(11-25(19)10-14)12-3-1-5-15(7-12)23-20(27)13-4-2-6-16(8-13)26(28)29/h1-11H,(H,23,27). The van der Waals surface area contributed by atoms with Gasteiger partial charge < -0.3 is 9.72 Å². The van der Waals surface area contributed by atoms with Gasteiger partial charge in [0.05, 0.1) is 15.1 Å². The number of anilines is 1. The maximum atomic E-state index is 12.5. The lowest BCUT2D eigenvalue weighted by Crippen LogP contribution is -2.12. The number of carbonyl (C=O) groups excluding carboxylic acids is 1. The molecule has 0 aliphatic rings. The highest BCUT2D eigenvalue weighted by atomic mass is 79.9. The van der Waals surface area contributed by atoms with E-state index in [0.717, 1.165) is 25.8 Å². The summed E-state index contributed by atoms with van der Waals surface area (Å²) < 4.78 is 3.67. The van der Waals surface area contributed by atoms with Crippen molar-refractivity contribution in [3.05, 3.63) is 91.6 Å². The Labute approximate surface area is 181 Å². The molecule has 2 heterocycles. The number of nitro groups is 1. The largest absolute Gasteiger partial charge is 0.322 e. The second-order valence-electron chi connectivity index (χ2n) is 6.21. The number of non-ortho nitro benzene ring substituents is 1. The molecule has 144 valence electrons. The normalized spacial score (nSPS) is 10.8. The van der Waals surface area contributed by atoms with E-state index < -0.39 is 10.8 Å². The quantitative estimate of drug-likeness (QED) is 0.279. The fourth-order valence-electron chi connectivity index (χ4n) is 2.88. The van der Waals surface area contributed by atoms with Crippen LogP contribution in [0.2, 0.25) is 0 Å². The van der Waals surface area contributed by atoms with Gasteiger partial charge in [0.25, 0.3) is 11.6 Å². The second kappa shape index (κ2) is 7.76. The van der Waals surface area contributed by atoms with Crippen LogP contribution in [0.25, 0.3) is 16.9 Å². The van der Waals surface area contributed by atoms with E-state index in [1.54, 1.807) is 12.1 Å². The van der Waals surface area contributed by atoms with Gasteiger partial charge in [0.2, 0.25) is 0 Å². The van der Waals surface area contributed by atoms with E-state index in [1.165, 1.54) is 24.3 Å². The van der Waals surface area contributed by atoms with Crippen molar-refractivity contribution in [1.29, 1.82) is 0 Å². The zero-order valence-corrected chi connectivity index (χ0v) is 17.8. The Morgan fingerprint density at radius 3 is 2.66 bits per heavy atom. The fraction of sp³-hybridized carbons (Fsp3) is 0. The second-order valence-corrected chi connectivity index (χ2v) is 7.98. The average Bonchev–Trinajstić information content (AvgIpc) is 3.13. The maximum Gasteiger partial charge on any atom is 0.270 e. The molecule has 9 heteroatoms. The Morgan fingerprint density at radius 2 is 1.86 bits per heavy atom. The molecule has 0 spiro atoms. The number of imidazole rings is 1. The first-order chi connectivity index (χ1) is 13.9. The number of benzene rings is 2. The monoisotopic (exact) mass is 514 g/mol. The number of halogens is 2. The summed E-state index contributed by atoms with van der Waals surface area (Å²) in [7, 11) is 0. The molecule has 29 heavy (non-hydrogen) atoms. The number of hydrogen-bond donors (Lipinski definition) is 1. The van der Waals surface area contributed by atoms with Crippen LogP contribution in [-0.2, 0) is 0 Å². The molecule has 2 aromatic heterocycles. The van der Waals surface area contributed by atoms with Crippen molar-refractivity contribution in [1.82, 2.24) is 9.38 Å². The molecule has 0 radical (unpaired) electrons. The Morgan fingerprint density at radius 1 is 1.07 bits per heavy atom. The molecule has 4 rings (SSSR count). The van der Waals surface area contributed by atoms with Crippen molar-refractivity contribution >= 4 is 54.8 Å². The molecule has 0 fully saturated rings. The Bertz CT molecular complexity index is 1270. The van der Waals surface area contributed by atoms with Gasteiger partial charge in [-0.25, -0.2) is 4.98 Å². The van der Waals surface area contributed by atoms with Crippen LogP contribution in [-0.4, -0.2) is 20.2 Å². The van der Waals surface area contributed by atoms with Crippen LogP contribution in [0.5, 0.6) is 0 Å². The summed E-state index contributed by atoms with van der Waals surface area (Å²) in [5, 5.41) is 13.7. The molecule has 0 unspecified atom stereocenters. The number of nitrogens with zero attached hydrogens (tertiary/aromatic N) is 3. The van der Waals surface area contributed by atoms with Crippen LogP contribution >= 0.6 is 31.9 Å². The Balaban J connectivity index is 1.62. The van der Waals surface area contributed by atoms with Gasteiger partial charge in [-0.15, -0.1) is 0 Å². The summed E-state index contributed by atoms with van der Waals surface area (Å²) in [6.45, 7) is 0. The molecule has 0 atom stereocenters. The van der Waals surface area contributed by atoms with Crippen LogP contribution < -0.4 is 5.32 Å². The Hall–Kier alpha value is -3.04. The molecule has 7 nitrogen and oxygen atoms in total. The molecule has 1 amide bonds. The van der Waals surface area contributed by atoms with E-state index in [0.29, 0.717) is 5.69 Å². The molecular weight excluding hydrogens is 504 g/mol. The number of rotatable bonds is 4. The van der Waals surface area contributed by atoms with E-state index in [-0.39, 0.29) is 11.3 Å². The lowest BCUT2D eigenvalue weighted by Gasteiger charge is -2.06. The number of aromatic nitrogens is 2. The van der Waals surface area contributed by atoms with Crippen LogP contribution in [0, 0.1) is 10.1 Å². The van der Waals surface area contributed by atoms with Gasteiger partial charge in [0.1, 0.15) is 0 Å². The van der Waals surface area contributed by atoms with E-state index in [2.05, 4.69) is 42.2 Å². The highest BCUT2D eigenvalue weighted by Gasteiger charge is 2.13. The first-order valence-corrected chi connectivity index (χ1v) is 9.99. The van der Waals surface area contributed by atoms with E-state index in [1.807, 2.05) is 35.0 Å². The summed E-state index contributed by atoms with van der Waals surface area (Å²) in [5.74, 6) is -0.424. The molecule has 2 aromatic carbocycles. The predicted octanol–water partition coefficient (Wildman–Crippen LogP) is 5.69. The lowest BCUT2D eigenvalue weighted by atomic mass is 10.1. The van der Waals surface area contributed by atoms with Crippen molar-refractivity contribution in [3.8, 4) is 11.3 Å². The van der Waals surface area contributed by atoms with Crippen molar-refractivity contribution in [3.63, 3.8) is 0 Å². The molecule has 4 aromatic rings. The molecule has 1 N–H and O–H groups in total. The third kappa shape index (κ3) is 4.06. The summed E-state index contributed by atoms with van der Waals surface area (Å²) in [6.07, 6.45) is 3.80. The highest BCUT2D eigenvalue weighted by molar-refractivity contribution is 9.11. The number of pyridine rings is 1. The van der Waals surface area contributed by atoms with Gasteiger partial charge in [-0.05, 0) is 56.1 Å². The van der Waals surface area contributed by atoms with Crippen molar-refractivity contribution in [2.45, 2.75) is 0 Å². The predicted molar refractivity (Wildman–Crippen MR) is 117 cm³/mol. The molecule has 0 aliphatic heterocycles. The topological polar surface area (TPSA) is 89.5 Å². The SMILES string of the molecule is O=C(Nc1cccc(-c2cn3cc(Br)cc(Br)c3n2)c1)c1cccc([N+](=O)[O-])c1. The van der Waals surface area contributed by atoms with Crippen molar-refractivity contribution < 1.29 is 9.72 Å². The fourth-order valence-corrected chi connectivity index (χ4v) is 4.18. The Kier molecular flexibility index (Phi) is 5.16. The summed E-state index contributed by atoms with van der Waals surface area (Å²) in [6, 6.07) is 14.8. The minimum Gasteiger partial charge on any atom is -0.322 e. The third-order valence-corrected chi connectivity index (χ3v) is 5.23. The zero-order chi connectivity index (χ0) is 20.5. The first-order valence-electron chi connectivity index (χ1n) is 8.41. The van der Waals surface area contributed by atoms with Gasteiger partial charge in [-0.3, -0.25) is 14.9 Å². The maximum absolute atomic E-state index is 12.5. The van der Waals surface area contributed by atoms with E-state index >= 15 is 0 Å². The van der Waals surface area contributed by atoms with Crippen LogP contribution in [0.4, 0.5) is 11.4 Å². The number of fused-ring (bicyclic) bond motifs is 1. The minimum absolute atomic E-state index is 0.132. The first kappa shape index (κ1) is 19.3. The zero-order valence-electron chi connectivity index (χ0n) is 14.7. The highest BCUT2D eigenvalue weighted by Crippen LogP contribution is 2.28. The van der Waals surface area contributed by atoms with Crippen LogP contribution in [0.15, 0.2) is 75.9 Å². The number of hydrogen-bond acceptors (Lipinski definition) is 4. The van der Waals surface area contributed by atoms with Gasteiger partial charge in [0, 0.05) is 45.8 Å². The van der Waals surface area contributed by atoms with Crippen molar-refractivity contribution in [2.24, 2.45) is 0 Å². The molecule has 0 saturated heterocycles. The van der Waals surface area contributed by atoms with Crippen LogP contribution in [0.3, 0.4) is 0 Å². The van der Waals surface area contributed by atoms with Crippen LogP contribution in [0.1, 0.15) is 10.4 Å². The van der Waals surface area contributed by atoms with Crippen molar-refractivity contribution in [2.75, 3.05) is 5.32 Å².